The molecule has 1 aromatic rings. The molecule has 2 heterocycles. The molecule has 0 amide bonds. The molecular weight excluding hydrogens is 238 g/mol. The fourth-order valence-corrected chi connectivity index (χ4v) is 4.18. The van der Waals surface area contributed by atoms with E-state index in [-0.39, 0.29) is 5.60 Å². The Labute approximate surface area is 105 Å². The van der Waals surface area contributed by atoms with Gasteiger partial charge in [-0.1, -0.05) is 6.42 Å². The number of hydrogen-bond acceptors (Lipinski definition) is 3. The van der Waals surface area contributed by atoms with E-state index < -0.39 is 0 Å². The topological polar surface area (TPSA) is 21.3 Å². The molecule has 1 aromatic heterocycles. The van der Waals surface area contributed by atoms with Crippen molar-refractivity contribution >= 4 is 34.4 Å². The molecule has 0 radical (unpaired) electrons. The number of fused-ring (bicyclic) bond motifs is 2. The van der Waals surface area contributed by atoms with Crippen molar-refractivity contribution in [1.29, 1.82) is 0 Å². The third-order valence-corrected chi connectivity index (χ3v) is 4.88. The zero-order valence-electron chi connectivity index (χ0n) is 9.34. The number of rotatable bonds is 0. The molecular formula is C12H15NOS2. The van der Waals surface area contributed by atoms with Gasteiger partial charge in [-0.25, -0.2) is 0 Å². The molecule has 1 saturated carbocycles. The van der Waals surface area contributed by atoms with Gasteiger partial charge in [0.1, 0.15) is 5.60 Å². The number of thiocarbonyl (C=S) groups is 1. The number of anilines is 1. The highest BCUT2D eigenvalue weighted by molar-refractivity contribution is 7.80. The maximum absolute atomic E-state index is 5.99. The first-order chi connectivity index (χ1) is 7.70. The van der Waals surface area contributed by atoms with Crippen LogP contribution in [0.4, 0.5) is 5.69 Å². The molecule has 0 bridgehead atoms. The second kappa shape index (κ2) is 3.70. The van der Waals surface area contributed by atoms with E-state index in [1.165, 1.54) is 34.7 Å². The summed E-state index contributed by atoms with van der Waals surface area (Å²) >= 11 is 7.07. The second-order valence-corrected chi connectivity index (χ2v) is 6.30. The van der Waals surface area contributed by atoms with Gasteiger partial charge < -0.3 is 10.1 Å². The molecule has 86 valence electrons. The minimum absolute atomic E-state index is 0.102. The van der Waals surface area contributed by atoms with Crippen LogP contribution >= 0.6 is 23.6 Å². The average molecular weight is 253 g/mol. The van der Waals surface area contributed by atoms with Crippen molar-refractivity contribution in [2.75, 3.05) is 5.32 Å². The van der Waals surface area contributed by atoms with Crippen molar-refractivity contribution in [3.63, 3.8) is 0 Å². The van der Waals surface area contributed by atoms with Gasteiger partial charge in [-0.15, -0.1) is 11.3 Å². The number of ether oxygens (including phenoxy) is 1. The summed E-state index contributed by atoms with van der Waals surface area (Å²) in [6.45, 7) is 2.14. The van der Waals surface area contributed by atoms with Crippen molar-refractivity contribution in [2.45, 2.75) is 44.6 Å². The maximum atomic E-state index is 5.99. The van der Waals surface area contributed by atoms with E-state index in [1.807, 2.05) is 11.3 Å². The van der Waals surface area contributed by atoms with E-state index >= 15 is 0 Å². The van der Waals surface area contributed by atoms with E-state index in [9.17, 15) is 0 Å². The Bertz CT molecular complexity index is 432. The van der Waals surface area contributed by atoms with Gasteiger partial charge in [0, 0.05) is 4.88 Å². The van der Waals surface area contributed by atoms with Crippen LogP contribution in [0.5, 0.6) is 0 Å². The summed E-state index contributed by atoms with van der Waals surface area (Å²) in [4.78, 5) is 2.69. The van der Waals surface area contributed by atoms with Gasteiger partial charge in [0.25, 0.3) is 5.17 Å². The smallest absolute Gasteiger partial charge is 0.262 e. The molecule has 1 spiro atoms. The van der Waals surface area contributed by atoms with Gasteiger partial charge in [0.2, 0.25) is 0 Å². The summed E-state index contributed by atoms with van der Waals surface area (Å²) in [6.07, 6.45) is 6.05. The predicted octanol–water partition coefficient (Wildman–Crippen LogP) is 3.94. The Morgan fingerprint density at radius 2 is 2.12 bits per heavy atom. The summed E-state index contributed by atoms with van der Waals surface area (Å²) in [6, 6.07) is 2.19. The summed E-state index contributed by atoms with van der Waals surface area (Å²) in [7, 11) is 0. The lowest BCUT2D eigenvalue weighted by Gasteiger charge is -2.40. The Kier molecular flexibility index (Phi) is 2.44. The lowest BCUT2D eigenvalue weighted by Crippen LogP contribution is -2.39. The monoisotopic (exact) mass is 253 g/mol. The fourth-order valence-electron chi connectivity index (χ4n) is 2.76. The Balaban J connectivity index is 2.08. The van der Waals surface area contributed by atoms with E-state index in [2.05, 4.69) is 18.3 Å². The molecule has 2 nitrogen and oxygen atoms in total. The van der Waals surface area contributed by atoms with Crippen molar-refractivity contribution < 1.29 is 4.74 Å². The van der Waals surface area contributed by atoms with Crippen LogP contribution in [0, 0.1) is 6.92 Å². The van der Waals surface area contributed by atoms with Crippen LogP contribution in [0.25, 0.3) is 0 Å². The average Bonchev–Trinajstić information content (AvgIpc) is 2.60. The van der Waals surface area contributed by atoms with Gasteiger partial charge in [0.15, 0.2) is 0 Å². The molecule has 3 rings (SSSR count). The molecule has 1 N–H and O–H groups in total. The van der Waals surface area contributed by atoms with Crippen LogP contribution < -0.4 is 5.32 Å². The lowest BCUT2D eigenvalue weighted by atomic mass is 9.82. The number of hydrogen-bond donors (Lipinski definition) is 1. The SMILES string of the molecule is Cc1cc2c(s1)C1(CCCCC1)OC(=S)N2. The predicted molar refractivity (Wildman–Crippen MR) is 71.1 cm³/mol. The third kappa shape index (κ3) is 1.55. The van der Waals surface area contributed by atoms with E-state index in [0.29, 0.717) is 5.17 Å². The Morgan fingerprint density at radius 1 is 1.38 bits per heavy atom. The second-order valence-electron chi connectivity index (χ2n) is 4.67. The van der Waals surface area contributed by atoms with E-state index in [0.717, 1.165) is 12.8 Å². The molecule has 0 aromatic carbocycles. The molecule has 0 saturated heterocycles. The van der Waals surface area contributed by atoms with Crippen molar-refractivity contribution in [3.05, 3.63) is 15.8 Å². The van der Waals surface area contributed by atoms with Crippen LogP contribution in [0.1, 0.15) is 41.9 Å². The van der Waals surface area contributed by atoms with Crippen LogP contribution in [-0.2, 0) is 10.3 Å². The van der Waals surface area contributed by atoms with Crippen molar-refractivity contribution in [2.24, 2.45) is 0 Å². The minimum atomic E-state index is -0.102. The zero-order chi connectivity index (χ0) is 11.2. The van der Waals surface area contributed by atoms with Crippen LogP contribution in [-0.4, -0.2) is 5.17 Å². The molecule has 0 atom stereocenters. The summed E-state index contributed by atoms with van der Waals surface area (Å²) in [5.74, 6) is 0. The molecule has 2 aliphatic rings. The van der Waals surface area contributed by atoms with Gasteiger partial charge in [0.05, 0.1) is 10.6 Å². The van der Waals surface area contributed by atoms with Crippen LogP contribution in [0.2, 0.25) is 0 Å². The van der Waals surface area contributed by atoms with Crippen molar-refractivity contribution in [3.8, 4) is 0 Å². The molecule has 0 unspecified atom stereocenters. The van der Waals surface area contributed by atoms with Gasteiger partial charge >= 0.3 is 0 Å². The molecule has 1 fully saturated rings. The summed E-state index contributed by atoms with van der Waals surface area (Å²) in [5.41, 5.74) is 1.08. The standard InChI is InChI=1S/C12H15NOS2/c1-8-7-9-10(16-8)12(14-11(15)13-9)5-3-2-4-6-12/h7H,2-6H2,1H3,(H,13,15). The first kappa shape index (κ1) is 10.5. The highest BCUT2D eigenvalue weighted by Gasteiger charge is 2.43. The van der Waals surface area contributed by atoms with Gasteiger partial charge in [-0.05, 0) is 50.9 Å². The molecule has 1 aliphatic carbocycles. The minimum Gasteiger partial charge on any atom is -0.458 e. The van der Waals surface area contributed by atoms with Crippen LogP contribution in [0.3, 0.4) is 0 Å². The highest BCUT2D eigenvalue weighted by Crippen LogP contribution is 2.49. The Morgan fingerprint density at radius 3 is 2.88 bits per heavy atom. The zero-order valence-corrected chi connectivity index (χ0v) is 11.0. The lowest BCUT2D eigenvalue weighted by molar-refractivity contribution is 0.0177. The normalized spacial score (nSPS) is 22.4. The van der Waals surface area contributed by atoms with Gasteiger partial charge in [-0.2, -0.15) is 0 Å². The van der Waals surface area contributed by atoms with Gasteiger partial charge in [-0.3, -0.25) is 0 Å². The van der Waals surface area contributed by atoms with E-state index in [4.69, 9.17) is 17.0 Å². The van der Waals surface area contributed by atoms with E-state index in [1.54, 1.807) is 0 Å². The quantitative estimate of drug-likeness (QED) is 0.708. The van der Waals surface area contributed by atoms with Crippen molar-refractivity contribution in [1.82, 2.24) is 0 Å². The fraction of sp³-hybridized carbons (Fsp3) is 0.583. The first-order valence-electron chi connectivity index (χ1n) is 5.81. The van der Waals surface area contributed by atoms with Crippen LogP contribution in [0.15, 0.2) is 6.07 Å². The number of nitrogens with one attached hydrogen (secondary N) is 1. The highest BCUT2D eigenvalue weighted by atomic mass is 32.1. The number of thiophene rings is 1. The largest absolute Gasteiger partial charge is 0.458 e. The third-order valence-electron chi connectivity index (χ3n) is 3.46. The molecule has 1 aliphatic heterocycles. The number of aryl methyl sites for hydroxylation is 1. The molecule has 4 heteroatoms. The first-order valence-corrected chi connectivity index (χ1v) is 7.03. The Hall–Kier alpha value is -0.610. The maximum Gasteiger partial charge on any atom is 0.262 e. The summed E-state index contributed by atoms with van der Waals surface area (Å²) < 4.78 is 5.99. The summed E-state index contributed by atoms with van der Waals surface area (Å²) in [5, 5.41) is 3.72. The molecule has 16 heavy (non-hydrogen) atoms.